The Morgan fingerprint density at radius 3 is 1.81 bits per heavy atom. The van der Waals surface area contributed by atoms with Crippen molar-refractivity contribution in [3.63, 3.8) is 0 Å². The van der Waals surface area contributed by atoms with Crippen molar-refractivity contribution >= 4 is 15.9 Å². The van der Waals surface area contributed by atoms with Gasteiger partial charge in [-0.05, 0) is 36.8 Å². The van der Waals surface area contributed by atoms with E-state index in [2.05, 4.69) is 0 Å². The highest BCUT2D eigenvalue weighted by Gasteiger charge is 2.39. The molecule has 3 rings (SSSR count). The van der Waals surface area contributed by atoms with Crippen LogP contribution in [0.3, 0.4) is 0 Å². The average Bonchev–Trinajstić information content (AvgIpc) is 2.72. The Kier molecular flexibility index (Phi) is 6.31. The van der Waals surface area contributed by atoms with E-state index >= 15 is 0 Å². The molecule has 5 nitrogen and oxygen atoms in total. The molecule has 174 valence electrons. The number of halogens is 6. The minimum atomic E-state index is -5.16. The second kappa shape index (κ2) is 8.39. The average molecular weight is 480 g/mol. The summed E-state index contributed by atoms with van der Waals surface area (Å²) in [6, 6.07) is 7.03. The highest BCUT2D eigenvalue weighted by Crippen LogP contribution is 2.37. The lowest BCUT2D eigenvalue weighted by molar-refractivity contribution is -0.143. The van der Waals surface area contributed by atoms with Crippen LogP contribution in [0.4, 0.5) is 26.3 Å². The highest BCUT2D eigenvalue weighted by atomic mass is 32.2. The Labute approximate surface area is 180 Å². The molecule has 2 aromatic rings. The van der Waals surface area contributed by atoms with Crippen LogP contribution in [-0.2, 0) is 22.4 Å². The summed E-state index contributed by atoms with van der Waals surface area (Å²) in [6.45, 7) is 1.09. The molecule has 0 atom stereocenters. The zero-order chi connectivity index (χ0) is 23.9. The van der Waals surface area contributed by atoms with Crippen molar-refractivity contribution in [2.45, 2.75) is 24.2 Å². The predicted octanol–water partition coefficient (Wildman–Crippen LogP) is 4.18. The largest absolute Gasteiger partial charge is 0.416 e. The third-order valence-electron chi connectivity index (χ3n) is 5.10. The van der Waals surface area contributed by atoms with Crippen LogP contribution in [-0.4, -0.2) is 49.7 Å². The SMILES string of the molecule is Cc1ccccc1C(=O)N1CCN(S(=O)(=O)c2cc(C(F)(F)F)cc(C(F)(F)F)c2)CC1. The van der Waals surface area contributed by atoms with Gasteiger partial charge in [-0.1, -0.05) is 18.2 Å². The van der Waals surface area contributed by atoms with Crippen molar-refractivity contribution in [2.75, 3.05) is 26.2 Å². The van der Waals surface area contributed by atoms with Gasteiger partial charge in [-0.2, -0.15) is 30.6 Å². The van der Waals surface area contributed by atoms with E-state index in [1.54, 1.807) is 31.2 Å². The van der Waals surface area contributed by atoms with Crippen LogP contribution in [0.2, 0.25) is 0 Å². The first-order valence-corrected chi connectivity index (χ1v) is 10.8. The molecule has 1 heterocycles. The monoisotopic (exact) mass is 480 g/mol. The number of amides is 1. The minimum absolute atomic E-state index is 0.0580. The maximum absolute atomic E-state index is 13.1. The summed E-state index contributed by atoms with van der Waals surface area (Å²) in [5.74, 6) is -0.335. The lowest BCUT2D eigenvalue weighted by Crippen LogP contribution is -2.50. The molecule has 1 fully saturated rings. The summed E-state index contributed by atoms with van der Waals surface area (Å²) in [5, 5.41) is 0. The Morgan fingerprint density at radius 2 is 1.34 bits per heavy atom. The Bertz CT molecular complexity index is 1090. The number of hydrogen-bond acceptors (Lipinski definition) is 3. The molecule has 12 heteroatoms. The zero-order valence-corrected chi connectivity index (χ0v) is 17.5. The Balaban J connectivity index is 1.85. The van der Waals surface area contributed by atoms with E-state index in [1.807, 2.05) is 0 Å². The molecule has 0 saturated carbocycles. The van der Waals surface area contributed by atoms with Crippen molar-refractivity contribution in [1.29, 1.82) is 0 Å². The number of hydrogen-bond donors (Lipinski definition) is 0. The smallest absolute Gasteiger partial charge is 0.336 e. The summed E-state index contributed by atoms with van der Waals surface area (Å²) in [4.78, 5) is 13.0. The van der Waals surface area contributed by atoms with Crippen LogP contribution in [0, 0.1) is 6.92 Å². The maximum Gasteiger partial charge on any atom is 0.416 e. The molecule has 0 spiro atoms. The van der Waals surface area contributed by atoms with Crippen LogP contribution in [0.5, 0.6) is 0 Å². The molecule has 1 saturated heterocycles. The van der Waals surface area contributed by atoms with Gasteiger partial charge in [0, 0.05) is 31.7 Å². The number of carbonyl (C=O) groups is 1. The second-order valence-electron chi connectivity index (χ2n) is 7.25. The lowest BCUT2D eigenvalue weighted by Gasteiger charge is -2.34. The highest BCUT2D eigenvalue weighted by molar-refractivity contribution is 7.89. The third kappa shape index (κ3) is 4.90. The van der Waals surface area contributed by atoms with Gasteiger partial charge < -0.3 is 4.90 Å². The fourth-order valence-corrected chi connectivity index (χ4v) is 4.83. The minimum Gasteiger partial charge on any atom is -0.336 e. The molecule has 2 aromatic carbocycles. The first-order valence-electron chi connectivity index (χ1n) is 9.36. The number of piperazine rings is 1. The van der Waals surface area contributed by atoms with E-state index in [4.69, 9.17) is 0 Å². The van der Waals surface area contributed by atoms with E-state index in [1.165, 1.54) is 4.90 Å². The van der Waals surface area contributed by atoms with E-state index < -0.39 is 38.4 Å². The van der Waals surface area contributed by atoms with Gasteiger partial charge >= 0.3 is 12.4 Å². The van der Waals surface area contributed by atoms with E-state index in [-0.39, 0.29) is 50.3 Å². The fraction of sp³-hybridized carbons (Fsp3) is 0.350. The van der Waals surface area contributed by atoms with Gasteiger partial charge in [0.15, 0.2) is 0 Å². The zero-order valence-electron chi connectivity index (χ0n) is 16.7. The first kappa shape index (κ1) is 24.1. The molecule has 0 radical (unpaired) electrons. The third-order valence-corrected chi connectivity index (χ3v) is 6.98. The van der Waals surface area contributed by atoms with Gasteiger partial charge in [0.25, 0.3) is 5.91 Å². The molecule has 0 bridgehead atoms. The normalized spacial score (nSPS) is 16.3. The summed E-state index contributed by atoms with van der Waals surface area (Å²) >= 11 is 0. The van der Waals surface area contributed by atoms with Gasteiger partial charge in [-0.3, -0.25) is 4.79 Å². The van der Waals surface area contributed by atoms with Crippen LogP contribution in [0.15, 0.2) is 47.4 Å². The quantitative estimate of drug-likeness (QED) is 0.620. The molecule has 1 aliphatic rings. The molecular weight excluding hydrogens is 462 g/mol. The number of rotatable bonds is 3. The number of aryl methyl sites for hydroxylation is 1. The van der Waals surface area contributed by atoms with Crippen LogP contribution in [0.25, 0.3) is 0 Å². The maximum atomic E-state index is 13.1. The van der Waals surface area contributed by atoms with Crippen LogP contribution < -0.4 is 0 Å². The molecule has 0 aromatic heterocycles. The van der Waals surface area contributed by atoms with Crippen molar-refractivity contribution < 1.29 is 39.6 Å². The Hall–Kier alpha value is -2.60. The second-order valence-corrected chi connectivity index (χ2v) is 9.19. The topological polar surface area (TPSA) is 57.7 Å². The molecule has 0 N–H and O–H groups in total. The van der Waals surface area contributed by atoms with E-state index in [0.717, 1.165) is 9.87 Å². The number of alkyl halides is 6. The van der Waals surface area contributed by atoms with Crippen molar-refractivity contribution in [3.05, 3.63) is 64.7 Å². The van der Waals surface area contributed by atoms with Crippen molar-refractivity contribution in [2.24, 2.45) is 0 Å². The number of benzene rings is 2. The summed E-state index contributed by atoms with van der Waals surface area (Å²) < 4.78 is 105. The molecular formula is C20H18F6N2O3S. The summed E-state index contributed by atoms with van der Waals surface area (Å²) in [5.41, 5.74) is -2.27. The van der Waals surface area contributed by atoms with E-state index in [9.17, 15) is 39.6 Å². The summed E-state index contributed by atoms with van der Waals surface area (Å²) in [6.07, 6.45) is -10.3. The number of nitrogens with zero attached hydrogens (tertiary/aromatic N) is 2. The van der Waals surface area contributed by atoms with Gasteiger partial charge in [0.2, 0.25) is 10.0 Å². The molecule has 1 aliphatic heterocycles. The molecule has 0 aliphatic carbocycles. The molecule has 32 heavy (non-hydrogen) atoms. The standard InChI is InChI=1S/C20H18F6N2O3S/c1-13-4-2-3-5-17(13)18(29)27-6-8-28(9-7-27)32(30,31)16-11-14(19(21,22)23)10-15(12-16)20(24,25)26/h2-5,10-12H,6-9H2,1H3. The lowest BCUT2D eigenvalue weighted by atomic mass is 10.1. The van der Waals surface area contributed by atoms with Crippen molar-refractivity contribution in [3.8, 4) is 0 Å². The predicted molar refractivity (Wildman–Crippen MR) is 102 cm³/mol. The number of carbonyl (C=O) groups excluding carboxylic acids is 1. The fourth-order valence-electron chi connectivity index (χ4n) is 3.34. The Morgan fingerprint density at radius 1 is 0.844 bits per heavy atom. The van der Waals surface area contributed by atoms with Gasteiger partial charge in [0.05, 0.1) is 16.0 Å². The van der Waals surface area contributed by atoms with Gasteiger partial charge in [-0.25, -0.2) is 8.42 Å². The number of sulfonamides is 1. The van der Waals surface area contributed by atoms with E-state index in [0.29, 0.717) is 5.56 Å². The molecule has 0 unspecified atom stereocenters. The first-order chi connectivity index (χ1) is 14.7. The van der Waals surface area contributed by atoms with Gasteiger partial charge in [0.1, 0.15) is 0 Å². The van der Waals surface area contributed by atoms with Crippen molar-refractivity contribution in [1.82, 2.24) is 9.21 Å². The van der Waals surface area contributed by atoms with Crippen LogP contribution in [0.1, 0.15) is 27.0 Å². The summed E-state index contributed by atoms with van der Waals surface area (Å²) in [7, 11) is -4.65. The van der Waals surface area contributed by atoms with Crippen LogP contribution >= 0.6 is 0 Å². The molecule has 1 amide bonds. The van der Waals surface area contributed by atoms with Gasteiger partial charge in [-0.15, -0.1) is 0 Å².